The van der Waals surface area contributed by atoms with Crippen molar-refractivity contribution in [2.24, 2.45) is 12.5 Å². The third-order valence-electron chi connectivity index (χ3n) is 7.83. The normalized spacial score (nSPS) is 17.7. The molecule has 2 aliphatic rings. The highest BCUT2D eigenvalue weighted by atomic mass is 32.1. The van der Waals surface area contributed by atoms with Crippen LogP contribution in [0, 0.1) is 19.3 Å². The zero-order valence-corrected chi connectivity index (χ0v) is 20.0. The van der Waals surface area contributed by atoms with Gasteiger partial charge in [-0.1, -0.05) is 19.9 Å². The van der Waals surface area contributed by atoms with Gasteiger partial charge in [-0.2, -0.15) is 0 Å². The van der Waals surface area contributed by atoms with Crippen LogP contribution in [0.1, 0.15) is 62.1 Å². The summed E-state index contributed by atoms with van der Waals surface area (Å²) >= 11 is 1.83. The van der Waals surface area contributed by atoms with Crippen LogP contribution in [0.4, 0.5) is 0 Å². The molecule has 0 spiro atoms. The van der Waals surface area contributed by atoms with Gasteiger partial charge < -0.3 is 4.74 Å². The van der Waals surface area contributed by atoms with Gasteiger partial charge in [-0.05, 0) is 90.3 Å². The highest BCUT2D eigenvalue weighted by Gasteiger charge is 2.34. The summed E-state index contributed by atoms with van der Waals surface area (Å²) in [4.78, 5) is 0. The Morgan fingerprint density at radius 2 is 1.84 bits per heavy atom. The van der Waals surface area contributed by atoms with Crippen molar-refractivity contribution in [1.82, 2.24) is 0 Å². The highest BCUT2D eigenvalue weighted by molar-refractivity contribution is 7.17. The van der Waals surface area contributed by atoms with Crippen molar-refractivity contribution in [3.63, 3.8) is 0 Å². The number of ether oxygens (including phenoxy) is 1. The third kappa shape index (κ3) is 2.79. The average Bonchev–Trinajstić information content (AvgIpc) is 3.24. The van der Waals surface area contributed by atoms with Crippen molar-refractivity contribution < 1.29 is 9.30 Å². The van der Waals surface area contributed by atoms with E-state index in [1.54, 1.807) is 0 Å². The summed E-state index contributed by atoms with van der Waals surface area (Å²) in [6.07, 6.45) is 7.37. The third-order valence-corrected chi connectivity index (χ3v) is 8.87. The van der Waals surface area contributed by atoms with Gasteiger partial charge in [0.05, 0.1) is 10.9 Å². The molecule has 2 aromatic carbocycles. The largest absolute Gasteiger partial charge is 0.455 e. The number of hydrogen-bond donors (Lipinski definition) is 0. The SMILES string of the molecule is Cc1c2c(c(C)c3sccc13)-c1c3c(cc(C4CCC(C)(C)CC4)cc3cc[n+]1C)O2. The maximum Gasteiger partial charge on any atom is 0.228 e. The van der Waals surface area contributed by atoms with Crippen molar-refractivity contribution in [3.05, 3.63) is 52.5 Å². The van der Waals surface area contributed by atoms with E-state index in [2.05, 4.69) is 75.2 Å². The summed E-state index contributed by atoms with van der Waals surface area (Å²) < 4.78 is 10.4. The number of benzene rings is 2. The Bertz CT molecular complexity index is 1370. The number of nitrogens with zero attached hydrogens (tertiary/aromatic N) is 1. The minimum Gasteiger partial charge on any atom is -0.455 e. The van der Waals surface area contributed by atoms with Crippen molar-refractivity contribution in [2.45, 2.75) is 59.3 Å². The monoisotopic (exact) mass is 428 g/mol. The summed E-state index contributed by atoms with van der Waals surface area (Å²) in [6, 6.07) is 9.29. The molecule has 1 aliphatic heterocycles. The first-order valence-corrected chi connectivity index (χ1v) is 12.4. The van der Waals surface area contributed by atoms with Gasteiger partial charge in [-0.25, -0.2) is 4.57 Å². The van der Waals surface area contributed by atoms with Gasteiger partial charge in [0.25, 0.3) is 0 Å². The second kappa shape index (κ2) is 6.56. The van der Waals surface area contributed by atoms with Crippen molar-refractivity contribution in [2.75, 3.05) is 0 Å². The zero-order valence-electron chi connectivity index (χ0n) is 19.1. The molecule has 3 heterocycles. The van der Waals surface area contributed by atoms with Crippen LogP contribution >= 0.6 is 11.3 Å². The molecular weight excluding hydrogens is 398 g/mol. The quantitative estimate of drug-likeness (QED) is 0.247. The van der Waals surface area contributed by atoms with Crippen molar-refractivity contribution in [1.29, 1.82) is 0 Å². The number of aryl methyl sites for hydroxylation is 3. The van der Waals surface area contributed by atoms with Gasteiger partial charge in [0.1, 0.15) is 18.5 Å². The fourth-order valence-corrected chi connectivity index (χ4v) is 6.82. The number of hydrogen-bond acceptors (Lipinski definition) is 2. The average molecular weight is 429 g/mol. The summed E-state index contributed by atoms with van der Waals surface area (Å²) in [5.74, 6) is 2.72. The Labute approximate surface area is 188 Å². The topological polar surface area (TPSA) is 13.1 Å². The smallest absolute Gasteiger partial charge is 0.228 e. The molecule has 0 N–H and O–H groups in total. The summed E-state index contributed by atoms with van der Waals surface area (Å²) in [6.45, 7) is 9.29. The molecule has 6 rings (SSSR count). The van der Waals surface area contributed by atoms with Crippen LogP contribution in [0.5, 0.6) is 11.5 Å². The van der Waals surface area contributed by atoms with Gasteiger partial charge in [0, 0.05) is 16.3 Å². The van der Waals surface area contributed by atoms with Gasteiger partial charge >= 0.3 is 0 Å². The standard InChI is InChI=1S/C28H30NOS/c1-16-21-9-13-31-27(21)17(2)23-25-24-19(8-12-29(25)5)14-20(15-22(24)30-26(16)23)18-6-10-28(3,4)11-7-18/h8-9,12-15,18H,6-7,10-11H2,1-5H3/q+1. The summed E-state index contributed by atoms with van der Waals surface area (Å²) in [5, 5.41) is 6.09. The first kappa shape index (κ1) is 19.3. The van der Waals surface area contributed by atoms with Gasteiger partial charge in [-0.15, -0.1) is 11.3 Å². The predicted molar refractivity (Wildman–Crippen MR) is 130 cm³/mol. The second-order valence-electron chi connectivity index (χ2n) is 10.4. The minimum absolute atomic E-state index is 0.485. The Morgan fingerprint density at radius 1 is 1.06 bits per heavy atom. The van der Waals surface area contributed by atoms with Crippen molar-refractivity contribution >= 4 is 32.2 Å². The summed E-state index contributed by atoms with van der Waals surface area (Å²) in [7, 11) is 2.16. The van der Waals surface area contributed by atoms with E-state index in [-0.39, 0.29) is 0 Å². The van der Waals surface area contributed by atoms with E-state index in [0.717, 1.165) is 11.5 Å². The van der Waals surface area contributed by atoms with E-state index >= 15 is 0 Å². The van der Waals surface area contributed by atoms with Crippen LogP contribution in [0.3, 0.4) is 0 Å². The molecule has 1 saturated carbocycles. The number of thiophene rings is 1. The van der Waals surface area contributed by atoms with Crippen LogP contribution in [0.15, 0.2) is 35.8 Å². The Balaban J connectivity index is 1.59. The Morgan fingerprint density at radius 3 is 2.61 bits per heavy atom. The van der Waals surface area contributed by atoms with E-state index in [1.807, 2.05) is 11.3 Å². The molecule has 1 aliphatic carbocycles. The van der Waals surface area contributed by atoms with Crippen LogP contribution in [-0.2, 0) is 7.05 Å². The molecular formula is C28H30NOS+. The number of pyridine rings is 1. The molecule has 4 aromatic rings. The van der Waals surface area contributed by atoms with E-state index in [9.17, 15) is 0 Å². The lowest BCUT2D eigenvalue weighted by Gasteiger charge is -2.35. The van der Waals surface area contributed by atoms with E-state index < -0.39 is 0 Å². The predicted octanol–water partition coefficient (Wildman–Crippen LogP) is 7.95. The molecule has 0 saturated heterocycles. The molecule has 0 atom stereocenters. The first-order chi connectivity index (χ1) is 14.8. The van der Waals surface area contributed by atoms with Crippen LogP contribution in [0.2, 0.25) is 0 Å². The number of rotatable bonds is 1. The first-order valence-electron chi connectivity index (χ1n) is 11.5. The highest BCUT2D eigenvalue weighted by Crippen LogP contribution is 2.52. The molecule has 0 unspecified atom stereocenters. The van der Waals surface area contributed by atoms with E-state index in [4.69, 9.17) is 4.74 Å². The minimum atomic E-state index is 0.485. The number of aromatic nitrogens is 1. The Kier molecular flexibility index (Phi) is 4.08. The summed E-state index contributed by atoms with van der Waals surface area (Å²) in [5.41, 5.74) is 7.08. The van der Waals surface area contributed by atoms with Gasteiger partial charge in [-0.3, -0.25) is 0 Å². The molecule has 2 aromatic heterocycles. The number of fused-ring (bicyclic) bond motifs is 3. The molecule has 2 nitrogen and oxygen atoms in total. The zero-order chi connectivity index (χ0) is 21.5. The molecule has 3 heteroatoms. The molecule has 1 fully saturated rings. The molecule has 158 valence electrons. The van der Waals surface area contributed by atoms with Gasteiger partial charge in [0.2, 0.25) is 5.69 Å². The van der Waals surface area contributed by atoms with Crippen LogP contribution in [-0.4, -0.2) is 0 Å². The van der Waals surface area contributed by atoms with E-state index in [1.165, 1.54) is 74.5 Å². The molecule has 0 amide bonds. The lowest BCUT2D eigenvalue weighted by molar-refractivity contribution is -0.659. The Hall–Kier alpha value is -2.39. The molecule has 0 radical (unpaired) electrons. The lowest BCUT2D eigenvalue weighted by atomic mass is 9.71. The van der Waals surface area contributed by atoms with Crippen LogP contribution in [0.25, 0.3) is 32.1 Å². The van der Waals surface area contributed by atoms with Crippen molar-refractivity contribution in [3.8, 4) is 22.8 Å². The van der Waals surface area contributed by atoms with Gasteiger partial charge in [0.15, 0.2) is 6.20 Å². The maximum absolute atomic E-state index is 6.76. The molecule has 0 bridgehead atoms. The maximum atomic E-state index is 6.76. The fourth-order valence-electron chi connectivity index (χ4n) is 5.85. The van der Waals surface area contributed by atoms with Crippen LogP contribution < -0.4 is 9.30 Å². The fraction of sp³-hybridized carbons (Fsp3) is 0.393. The lowest BCUT2D eigenvalue weighted by Crippen LogP contribution is -2.32. The second-order valence-corrected chi connectivity index (χ2v) is 11.3. The molecule has 31 heavy (non-hydrogen) atoms. The van der Waals surface area contributed by atoms with E-state index in [0.29, 0.717) is 11.3 Å².